The Morgan fingerprint density at radius 2 is 1.89 bits per heavy atom. The smallest absolute Gasteiger partial charge is 0.328 e. The van der Waals surface area contributed by atoms with Crippen molar-refractivity contribution in [3.8, 4) is 11.1 Å². The number of esters is 1. The summed E-state index contributed by atoms with van der Waals surface area (Å²) in [4.78, 5) is 43.0. The SMILES string of the molecule is CSCC[C@H](NC(=O)c1ccc(NC(=O)CCc2csc(N)n2)cc1-c1ccccc1C)C(=O)OC(C)C. The summed E-state index contributed by atoms with van der Waals surface area (Å²) in [5.41, 5.74) is 9.92. The van der Waals surface area contributed by atoms with Gasteiger partial charge in [-0.1, -0.05) is 24.3 Å². The molecule has 3 aromatic rings. The summed E-state index contributed by atoms with van der Waals surface area (Å²) < 4.78 is 5.38. The highest BCUT2D eigenvalue weighted by atomic mass is 32.2. The Morgan fingerprint density at radius 3 is 2.55 bits per heavy atom. The molecule has 0 aliphatic heterocycles. The van der Waals surface area contributed by atoms with Gasteiger partial charge in [-0.2, -0.15) is 11.8 Å². The Balaban J connectivity index is 1.85. The number of nitrogens with one attached hydrogen (secondary N) is 2. The molecule has 2 aromatic carbocycles. The van der Waals surface area contributed by atoms with Crippen LogP contribution in [-0.2, 0) is 20.7 Å². The van der Waals surface area contributed by atoms with Crippen LogP contribution in [0.2, 0.25) is 0 Å². The molecule has 0 aliphatic carbocycles. The molecule has 1 heterocycles. The number of hydrogen-bond donors (Lipinski definition) is 3. The minimum Gasteiger partial charge on any atom is -0.461 e. The number of nitrogens with zero attached hydrogens (tertiary/aromatic N) is 1. The van der Waals surface area contributed by atoms with E-state index >= 15 is 0 Å². The van der Waals surface area contributed by atoms with E-state index in [0.29, 0.717) is 40.5 Å². The van der Waals surface area contributed by atoms with Crippen molar-refractivity contribution in [2.24, 2.45) is 0 Å². The molecule has 202 valence electrons. The van der Waals surface area contributed by atoms with Crippen LogP contribution < -0.4 is 16.4 Å². The molecule has 4 N–H and O–H groups in total. The molecule has 1 aromatic heterocycles. The number of carbonyl (C=O) groups excluding carboxylic acids is 3. The van der Waals surface area contributed by atoms with Crippen LogP contribution in [0.3, 0.4) is 0 Å². The quantitative estimate of drug-likeness (QED) is 0.267. The van der Waals surface area contributed by atoms with E-state index in [0.717, 1.165) is 16.8 Å². The fourth-order valence-corrected chi connectivity index (χ4v) is 4.92. The van der Waals surface area contributed by atoms with E-state index in [9.17, 15) is 14.4 Å². The largest absolute Gasteiger partial charge is 0.461 e. The zero-order valence-corrected chi connectivity index (χ0v) is 23.7. The lowest BCUT2D eigenvalue weighted by Gasteiger charge is -2.20. The highest BCUT2D eigenvalue weighted by Gasteiger charge is 2.25. The Kier molecular flexibility index (Phi) is 10.7. The fraction of sp³-hybridized carbons (Fsp3) is 0.357. The molecule has 0 fully saturated rings. The van der Waals surface area contributed by atoms with Gasteiger partial charge in [-0.15, -0.1) is 11.3 Å². The average Bonchev–Trinajstić information content (AvgIpc) is 3.30. The zero-order chi connectivity index (χ0) is 27.7. The van der Waals surface area contributed by atoms with E-state index in [4.69, 9.17) is 10.5 Å². The van der Waals surface area contributed by atoms with Crippen molar-refractivity contribution in [2.45, 2.75) is 52.2 Å². The Morgan fingerprint density at radius 1 is 1.13 bits per heavy atom. The van der Waals surface area contributed by atoms with Gasteiger partial charge >= 0.3 is 5.97 Å². The molecule has 3 rings (SSSR count). The minimum absolute atomic E-state index is 0.168. The summed E-state index contributed by atoms with van der Waals surface area (Å²) in [7, 11) is 0. The molecule has 0 saturated heterocycles. The van der Waals surface area contributed by atoms with Gasteiger partial charge in [0, 0.05) is 23.1 Å². The van der Waals surface area contributed by atoms with Gasteiger partial charge in [-0.3, -0.25) is 9.59 Å². The van der Waals surface area contributed by atoms with Gasteiger partial charge < -0.3 is 21.1 Å². The molecule has 0 spiro atoms. The molecule has 1 atom stereocenters. The predicted molar refractivity (Wildman–Crippen MR) is 156 cm³/mol. The summed E-state index contributed by atoms with van der Waals surface area (Å²) in [5.74, 6) is -0.306. The van der Waals surface area contributed by atoms with Crippen LogP contribution in [0.1, 0.15) is 48.3 Å². The van der Waals surface area contributed by atoms with Crippen LogP contribution in [0.4, 0.5) is 10.8 Å². The highest BCUT2D eigenvalue weighted by molar-refractivity contribution is 7.98. The van der Waals surface area contributed by atoms with Gasteiger partial charge in [0.2, 0.25) is 5.91 Å². The third kappa shape index (κ3) is 8.32. The van der Waals surface area contributed by atoms with Crippen molar-refractivity contribution in [3.05, 3.63) is 64.7 Å². The first-order valence-corrected chi connectivity index (χ1v) is 14.6. The summed E-state index contributed by atoms with van der Waals surface area (Å²) in [6.07, 6.45) is 2.85. The van der Waals surface area contributed by atoms with Crippen LogP contribution in [-0.4, -0.2) is 46.9 Å². The number of benzene rings is 2. The van der Waals surface area contributed by atoms with E-state index in [2.05, 4.69) is 15.6 Å². The second-order valence-corrected chi connectivity index (χ2v) is 11.0. The van der Waals surface area contributed by atoms with Gasteiger partial charge in [-0.25, -0.2) is 9.78 Å². The van der Waals surface area contributed by atoms with Gasteiger partial charge in [-0.05, 0) is 80.5 Å². The van der Waals surface area contributed by atoms with Crippen LogP contribution >= 0.6 is 23.1 Å². The lowest BCUT2D eigenvalue weighted by atomic mass is 9.94. The number of thiazole rings is 1. The van der Waals surface area contributed by atoms with E-state index in [1.54, 1.807) is 43.8 Å². The topological polar surface area (TPSA) is 123 Å². The number of thioether (sulfide) groups is 1. The van der Waals surface area contributed by atoms with Crippen molar-refractivity contribution >= 4 is 51.7 Å². The number of hydrogen-bond acceptors (Lipinski definition) is 8. The first kappa shape index (κ1) is 29.2. The minimum atomic E-state index is -0.763. The normalized spacial score (nSPS) is 11.7. The number of nitrogens with two attached hydrogens (primary N) is 1. The number of amides is 2. The maximum absolute atomic E-state index is 13.5. The molecule has 0 saturated carbocycles. The molecule has 0 radical (unpaired) electrons. The number of aromatic nitrogens is 1. The Labute approximate surface area is 231 Å². The standard InChI is InChI=1S/C28H34N4O4S2/c1-17(2)36-27(35)24(13-14-37-4)32-26(34)22-11-9-19(15-23(22)21-8-6-5-7-18(21)3)30-25(33)12-10-20-16-38-28(29)31-20/h5-9,11,15-17,24H,10,12-14H2,1-4H3,(H2,29,31)(H,30,33)(H,32,34)/t24-/m0/s1. The van der Waals surface area contributed by atoms with Gasteiger partial charge in [0.15, 0.2) is 5.13 Å². The average molecular weight is 555 g/mol. The summed E-state index contributed by atoms with van der Waals surface area (Å²) in [6, 6.07) is 12.1. The summed E-state index contributed by atoms with van der Waals surface area (Å²) in [5, 5.41) is 8.11. The van der Waals surface area contributed by atoms with E-state index in [-0.39, 0.29) is 24.3 Å². The third-order valence-electron chi connectivity index (χ3n) is 5.71. The summed E-state index contributed by atoms with van der Waals surface area (Å²) in [6.45, 7) is 5.52. The van der Waals surface area contributed by atoms with Crippen molar-refractivity contribution in [1.82, 2.24) is 10.3 Å². The van der Waals surface area contributed by atoms with Gasteiger partial charge in [0.05, 0.1) is 11.8 Å². The Hall–Kier alpha value is -3.37. The molecule has 2 amide bonds. The number of aryl methyl sites for hydroxylation is 2. The highest BCUT2D eigenvalue weighted by Crippen LogP contribution is 2.30. The van der Waals surface area contributed by atoms with Crippen LogP contribution in [0.25, 0.3) is 11.1 Å². The molecular weight excluding hydrogens is 520 g/mol. The monoisotopic (exact) mass is 554 g/mol. The predicted octanol–water partition coefficient (Wildman–Crippen LogP) is 5.08. The second kappa shape index (κ2) is 14.0. The van der Waals surface area contributed by atoms with E-state index in [1.165, 1.54) is 11.3 Å². The molecule has 0 aliphatic rings. The number of nitrogen functional groups attached to an aromatic ring is 1. The van der Waals surface area contributed by atoms with Crippen LogP contribution in [0.15, 0.2) is 47.8 Å². The molecule has 10 heteroatoms. The lowest BCUT2D eigenvalue weighted by Crippen LogP contribution is -2.43. The van der Waals surface area contributed by atoms with Crippen molar-refractivity contribution in [1.29, 1.82) is 0 Å². The fourth-order valence-electron chi connectivity index (χ4n) is 3.86. The van der Waals surface area contributed by atoms with E-state index < -0.39 is 12.0 Å². The molecular formula is C28H34N4O4S2. The number of anilines is 2. The molecule has 0 unspecified atom stereocenters. The number of carbonyl (C=O) groups is 3. The van der Waals surface area contributed by atoms with Crippen molar-refractivity contribution in [3.63, 3.8) is 0 Å². The zero-order valence-electron chi connectivity index (χ0n) is 22.1. The third-order valence-corrected chi connectivity index (χ3v) is 7.08. The maximum atomic E-state index is 13.5. The maximum Gasteiger partial charge on any atom is 0.328 e. The van der Waals surface area contributed by atoms with Crippen LogP contribution in [0.5, 0.6) is 0 Å². The first-order chi connectivity index (χ1) is 18.2. The molecule has 8 nitrogen and oxygen atoms in total. The van der Waals surface area contributed by atoms with Crippen LogP contribution in [0, 0.1) is 6.92 Å². The Bertz CT molecular complexity index is 1280. The first-order valence-electron chi connectivity index (χ1n) is 12.4. The number of ether oxygens (including phenoxy) is 1. The van der Waals surface area contributed by atoms with Gasteiger partial charge in [0.25, 0.3) is 5.91 Å². The lowest BCUT2D eigenvalue weighted by molar-refractivity contribution is -0.149. The van der Waals surface area contributed by atoms with Gasteiger partial charge in [0.1, 0.15) is 6.04 Å². The molecule has 38 heavy (non-hydrogen) atoms. The molecule has 0 bridgehead atoms. The van der Waals surface area contributed by atoms with Crippen molar-refractivity contribution in [2.75, 3.05) is 23.1 Å². The number of rotatable bonds is 12. The van der Waals surface area contributed by atoms with Crippen molar-refractivity contribution < 1.29 is 19.1 Å². The second-order valence-electron chi connectivity index (χ2n) is 9.09. The van der Waals surface area contributed by atoms with E-state index in [1.807, 2.05) is 42.8 Å². The summed E-state index contributed by atoms with van der Waals surface area (Å²) >= 11 is 2.94.